The van der Waals surface area contributed by atoms with Crippen LogP contribution in [0.3, 0.4) is 0 Å². The van der Waals surface area contributed by atoms with Crippen LogP contribution in [0.5, 0.6) is 0 Å². The first kappa shape index (κ1) is 23.2. The predicted molar refractivity (Wildman–Crippen MR) is 134 cm³/mol. The summed E-state index contributed by atoms with van der Waals surface area (Å²) in [4.78, 5) is 28.0. The first-order valence-electron chi connectivity index (χ1n) is 11.4. The number of fused-ring (bicyclic) bond motifs is 2. The predicted octanol–water partition coefficient (Wildman–Crippen LogP) is 5.16. The van der Waals surface area contributed by atoms with E-state index in [9.17, 15) is 9.59 Å². The molecule has 2 aliphatic rings. The number of carbonyl (C=O) groups is 2. The molecule has 0 radical (unpaired) electrons. The molecule has 1 amide bonds. The minimum atomic E-state index is -0.315. The fourth-order valence-corrected chi connectivity index (χ4v) is 7.05. The topological polar surface area (TPSA) is 79.5 Å². The number of ether oxygens (including phenoxy) is 1. The van der Waals surface area contributed by atoms with Gasteiger partial charge in [-0.05, 0) is 81.6 Å². The lowest BCUT2D eigenvalue weighted by atomic mass is 9.96. The van der Waals surface area contributed by atoms with Crippen LogP contribution >= 0.6 is 34.9 Å². The molecule has 6 nitrogen and oxygen atoms in total. The quantitative estimate of drug-likeness (QED) is 0.312. The Bertz CT molecular complexity index is 1010. The summed E-state index contributed by atoms with van der Waals surface area (Å²) in [5, 5.41) is 6.01. The van der Waals surface area contributed by atoms with Gasteiger partial charge in [-0.1, -0.05) is 12.8 Å². The Morgan fingerprint density at radius 2 is 1.66 bits per heavy atom. The second-order valence-corrected chi connectivity index (χ2v) is 10.6. The molecule has 2 aromatic rings. The second-order valence-electron chi connectivity index (χ2n) is 8.13. The van der Waals surface area contributed by atoms with Gasteiger partial charge < -0.3 is 10.1 Å². The van der Waals surface area contributed by atoms with Crippen molar-refractivity contribution < 1.29 is 14.3 Å². The first-order valence-corrected chi connectivity index (χ1v) is 13.5. The van der Waals surface area contributed by atoms with Crippen molar-refractivity contribution in [3.05, 3.63) is 37.4 Å². The molecular weight excluding hydrogens is 462 g/mol. The molecule has 172 valence electrons. The van der Waals surface area contributed by atoms with Crippen LogP contribution in [0.2, 0.25) is 0 Å². The molecular formula is C23H29N3O3S3. The number of esters is 1. The minimum Gasteiger partial charge on any atom is -0.462 e. The van der Waals surface area contributed by atoms with Gasteiger partial charge in [0.2, 0.25) is 0 Å². The summed E-state index contributed by atoms with van der Waals surface area (Å²) < 4.78 is 5.34. The number of aryl methyl sites for hydroxylation is 2. The Morgan fingerprint density at radius 3 is 2.47 bits per heavy atom. The summed E-state index contributed by atoms with van der Waals surface area (Å²) in [7, 11) is 0. The lowest BCUT2D eigenvalue weighted by Crippen LogP contribution is -2.44. The number of hydrogen-bond acceptors (Lipinski definition) is 6. The van der Waals surface area contributed by atoms with Gasteiger partial charge in [0.1, 0.15) is 5.00 Å². The van der Waals surface area contributed by atoms with E-state index in [0.29, 0.717) is 17.2 Å². The van der Waals surface area contributed by atoms with E-state index >= 15 is 0 Å². The Balaban J connectivity index is 1.45. The van der Waals surface area contributed by atoms with Crippen molar-refractivity contribution in [2.45, 2.75) is 71.1 Å². The lowest BCUT2D eigenvalue weighted by molar-refractivity contribution is 0.0526. The summed E-state index contributed by atoms with van der Waals surface area (Å²) in [6, 6.07) is 0. The zero-order valence-electron chi connectivity index (χ0n) is 18.3. The maximum absolute atomic E-state index is 12.7. The molecule has 2 heterocycles. The number of hydrogen-bond donors (Lipinski definition) is 3. The van der Waals surface area contributed by atoms with Crippen LogP contribution in [0.4, 0.5) is 5.00 Å². The van der Waals surface area contributed by atoms with Crippen molar-refractivity contribution in [1.29, 1.82) is 0 Å². The molecule has 0 aromatic carbocycles. The molecule has 0 spiro atoms. The molecule has 9 heteroatoms. The number of thiophene rings is 2. The molecule has 4 rings (SSSR count). The van der Waals surface area contributed by atoms with Crippen molar-refractivity contribution >= 4 is 56.9 Å². The molecule has 0 fully saturated rings. The van der Waals surface area contributed by atoms with E-state index in [1.165, 1.54) is 34.6 Å². The first-order chi connectivity index (χ1) is 15.6. The highest BCUT2D eigenvalue weighted by Crippen LogP contribution is 2.37. The summed E-state index contributed by atoms with van der Waals surface area (Å²) in [5.41, 5.74) is 9.10. The maximum atomic E-state index is 12.7. The van der Waals surface area contributed by atoms with Crippen LogP contribution in [-0.4, -0.2) is 23.6 Å². The van der Waals surface area contributed by atoms with Gasteiger partial charge in [0.05, 0.1) is 17.7 Å². The van der Waals surface area contributed by atoms with Gasteiger partial charge >= 0.3 is 5.97 Å². The van der Waals surface area contributed by atoms with Crippen molar-refractivity contribution in [2.75, 3.05) is 11.9 Å². The third-order valence-electron chi connectivity index (χ3n) is 5.97. The van der Waals surface area contributed by atoms with Crippen molar-refractivity contribution in [2.24, 2.45) is 0 Å². The fraction of sp³-hybridized carbons (Fsp3) is 0.522. The number of nitrogens with one attached hydrogen (secondary N) is 3. The third-order valence-corrected chi connectivity index (χ3v) is 8.47. The zero-order valence-corrected chi connectivity index (χ0v) is 20.8. The van der Waals surface area contributed by atoms with Crippen LogP contribution in [-0.2, 0) is 30.4 Å². The Hall–Kier alpha value is -1.97. The molecule has 0 aliphatic heterocycles. The minimum absolute atomic E-state index is 0.183. The van der Waals surface area contributed by atoms with Gasteiger partial charge in [-0.2, -0.15) is 0 Å². The van der Waals surface area contributed by atoms with Gasteiger partial charge in [0.25, 0.3) is 5.91 Å². The van der Waals surface area contributed by atoms with Gasteiger partial charge in [-0.3, -0.25) is 15.6 Å². The van der Waals surface area contributed by atoms with E-state index in [1.54, 1.807) is 22.7 Å². The number of carbonyl (C=O) groups excluding carboxylic acids is 2. The molecule has 32 heavy (non-hydrogen) atoms. The van der Waals surface area contributed by atoms with Crippen molar-refractivity contribution in [1.82, 2.24) is 10.9 Å². The summed E-state index contributed by atoms with van der Waals surface area (Å²) in [5.74, 6) is -0.498. The third kappa shape index (κ3) is 5.15. The molecule has 2 aliphatic carbocycles. The Kier molecular flexibility index (Phi) is 7.80. The van der Waals surface area contributed by atoms with Crippen LogP contribution < -0.4 is 16.2 Å². The van der Waals surface area contributed by atoms with Crippen LogP contribution in [0, 0.1) is 0 Å². The van der Waals surface area contributed by atoms with Gasteiger partial charge in [0, 0.05) is 15.1 Å². The molecule has 0 atom stereocenters. The van der Waals surface area contributed by atoms with E-state index in [2.05, 4.69) is 16.2 Å². The normalized spacial score (nSPS) is 15.5. The second kappa shape index (κ2) is 10.8. The summed E-state index contributed by atoms with van der Waals surface area (Å²) in [6.07, 6.45) is 10.7. The molecule has 3 N–H and O–H groups in total. The number of rotatable bonds is 4. The average Bonchev–Trinajstić information content (AvgIpc) is 3.33. The SMILES string of the molecule is CCOC(=O)c1c(NC(=S)NNC(=O)c2csc3c2CCCC3)sc2c1CCCCCC2. The van der Waals surface area contributed by atoms with Gasteiger partial charge in [0.15, 0.2) is 5.11 Å². The zero-order chi connectivity index (χ0) is 22.5. The summed E-state index contributed by atoms with van der Waals surface area (Å²) in [6.45, 7) is 2.14. The van der Waals surface area contributed by atoms with E-state index in [0.717, 1.165) is 56.1 Å². The number of anilines is 1. The summed E-state index contributed by atoms with van der Waals surface area (Å²) >= 11 is 8.66. The van der Waals surface area contributed by atoms with Gasteiger partial charge in [-0.25, -0.2) is 4.79 Å². The Labute approximate surface area is 202 Å². The lowest BCUT2D eigenvalue weighted by Gasteiger charge is -2.14. The molecule has 2 aromatic heterocycles. The van der Waals surface area contributed by atoms with Crippen LogP contribution in [0.25, 0.3) is 0 Å². The molecule has 0 saturated carbocycles. The molecule has 0 unspecified atom stereocenters. The smallest absolute Gasteiger partial charge is 0.341 e. The Morgan fingerprint density at radius 1 is 0.969 bits per heavy atom. The largest absolute Gasteiger partial charge is 0.462 e. The van der Waals surface area contributed by atoms with E-state index in [1.807, 2.05) is 12.3 Å². The maximum Gasteiger partial charge on any atom is 0.341 e. The molecule has 0 saturated heterocycles. The average molecular weight is 492 g/mol. The van der Waals surface area contributed by atoms with Crippen molar-refractivity contribution in [3.63, 3.8) is 0 Å². The van der Waals surface area contributed by atoms with E-state index < -0.39 is 0 Å². The number of amides is 1. The number of thiocarbonyl (C=S) groups is 1. The highest BCUT2D eigenvalue weighted by atomic mass is 32.1. The van der Waals surface area contributed by atoms with E-state index in [4.69, 9.17) is 17.0 Å². The van der Waals surface area contributed by atoms with Crippen LogP contribution in [0.1, 0.15) is 87.0 Å². The highest BCUT2D eigenvalue weighted by Gasteiger charge is 2.26. The molecule has 0 bridgehead atoms. The van der Waals surface area contributed by atoms with Crippen molar-refractivity contribution in [3.8, 4) is 0 Å². The van der Waals surface area contributed by atoms with Crippen LogP contribution in [0.15, 0.2) is 5.38 Å². The highest BCUT2D eigenvalue weighted by molar-refractivity contribution is 7.80. The monoisotopic (exact) mass is 491 g/mol. The van der Waals surface area contributed by atoms with E-state index in [-0.39, 0.29) is 17.0 Å². The standard InChI is InChI=1S/C23H29N3O3S3/c1-2-29-22(28)19-15-10-5-3-4-6-12-18(15)32-21(19)24-23(30)26-25-20(27)16-13-31-17-11-8-7-9-14(16)17/h13H,2-12H2,1H3,(H,25,27)(H2,24,26,30). The number of hydrazine groups is 1. The fourth-order valence-electron chi connectivity index (χ4n) is 4.43. The van der Waals surface area contributed by atoms with Gasteiger partial charge in [-0.15, -0.1) is 22.7 Å².